The van der Waals surface area contributed by atoms with E-state index in [1.165, 1.54) is 22.0 Å². The Morgan fingerprint density at radius 3 is 2.71 bits per heavy atom. The number of fused-ring (bicyclic) bond motifs is 1. The van der Waals surface area contributed by atoms with Crippen molar-refractivity contribution in [3.8, 4) is 11.1 Å². The molecule has 3 aromatic rings. The Balaban J connectivity index is 2.12. The lowest BCUT2D eigenvalue weighted by Gasteiger charge is -2.04. The van der Waals surface area contributed by atoms with Gasteiger partial charge in [-0.05, 0) is 46.3 Å². The van der Waals surface area contributed by atoms with Gasteiger partial charge in [0, 0.05) is 18.3 Å². The quantitative estimate of drug-likeness (QED) is 0.686. The molecule has 2 aromatic carbocycles. The molecule has 0 fully saturated rings. The fraction of sp³-hybridized carbons (Fsp3) is 0.0667. The average molecular weight is 222 g/mol. The maximum Gasteiger partial charge on any atom is 0.0454 e. The topological polar surface area (TPSA) is 41.8 Å². The lowest BCUT2D eigenvalue weighted by molar-refractivity contribution is 1.07. The predicted molar refractivity (Wildman–Crippen MR) is 71.6 cm³/mol. The molecule has 0 aliphatic rings. The maximum atomic E-state index is 5.67. The fourth-order valence-corrected chi connectivity index (χ4v) is 2.11. The lowest BCUT2D eigenvalue weighted by atomic mass is 10.0. The van der Waals surface area contributed by atoms with Crippen molar-refractivity contribution in [3.63, 3.8) is 0 Å². The van der Waals surface area contributed by atoms with Gasteiger partial charge in [0.15, 0.2) is 0 Å². The first kappa shape index (κ1) is 10.1. The molecule has 0 saturated heterocycles. The number of aromatic nitrogens is 1. The Morgan fingerprint density at radius 1 is 0.941 bits per heavy atom. The van der Waals surface area contributed by atoms with Crippen molar-refractivity contribution in [3.05, 3.63) is 60.3 Å². The summed E-state index contributed by atoms with van der Waals surface area (Å²) in [5.41, 5.74) is 10.4. The highest BCUT2D eigenvalue weighted by molar-refractivity contribution is 5.85. The fourth-order valence-electron chi connectivity index (χ4n) is 2.11. The first-order valence-electron chi connectivity index (χ1n) is 5.73. The molecule has 0 aliphatic heterocycles. The number of rotatable bonds is 2. The zero-order chi connectivity index (χ0) is 11.7. The van der Waals surface area contributed by atoms with E-state index in [2.05, 4.69) is 53.5 Å². The van der Waals surface area contributed by atoms with E-state index in [-0.39, 0.29) is 0 Å². The van der Waals surface area contributed by atoms with Gasteiger partial charge in [0.2, 0.25) is 0 Å². The lowest BCUT2D eigenvalue weighted by Crippen LogP contribution is -1.95. The summed E-state index contributed by atoms with van der Waals surface area (Å²) in [6, 6.07) is 16.9. The summed E-state index contributed by atoms with van der Waals surface area (Å²) in [6.45, 7) is 0.584. The number of nitrogens with two attached hydrogens (primary N) is 1. The number of hydrogen-bond acceptors (Lipinski definition) is 1. The van der Waals surface area contributed by atoms with Crippen LogP contribution in [0, 0.1) is 0 Å². The van der Waals surface area contributed by atoms with Gasteiger partial charge in [0.25, 0.3) is 0 Å². The molecule has 0 radical (unpaired) electrons. The molecule has 3 N–H and O–H groups in total. The molecule has 2 nitrogen and oxygen atoms in total. The van der Waals surface area contributed by atoms with Crippen LogP contribution in [0.3, 0.4) is 0 Å². The second-order valence-electron chi connectivity index (χ2n) is 4.18. The molecule has 1 aromatic heterocycles. The molecule has 17 heavy (non-hydrogen) atoms. The van der Waals surface area contributed by atoms with E-state index in [4.69, 9.17) is 5.73 Å². The van der Waals surface area contributed by atoms with E-state index < -0.39 is 0 Å². The van der Waals surface area contributed by atoms with Gasteiger partial charge in [-0.25, -0.2) is 0 Å². The van der Waals surface area contributed by atoms with Crippen molar-refractivity contribution >= 4 is 10.9 Å². The molecule has 0 aliphatic carbocycles. The van der Waals surface area contributed by atoms with Crippen LogP contribution in [0.15, 0.2) is 54.7 Å². The summed E-state index contributed by atoms with van der Waals surface area (Å²) < 4.78 is 0. The van der Waals surface area contributed by atoms with Crippen LogP contribution >= 0.6 is 0 Å². The third kappa shape index (κ3) is 1.83. The minimum absolute atomic E-state index is 0.584. The summed E-state index contributed by atoms with van der Waals surface area (Å²) in [5, 5.41) is 1.24. The van der Waals surface area contributed by atoms with E-state index >= 15 is 0 Å². The summed E-state index contributed by atoms with van der Waals surface area (Å²) in [6.07, 6.45) is 1.96. The molecule has 1 heterocycles. The van der Waals surface area contributed by atoms with Crippen molar-refractivity contribution in [1.82, 2.24) is 4.98 Å². The van der Waals surface area contributed by atoms with Crippen LogP contribution in [0.4, 0.5) is 0 Å². The number of nitrogens with one attached hydrogen (secondary N) is 1. The van der Waals surface area contributed by atoms with Crippen LogP contribution in [-0.2, 0) is 6.54 Å². The standard InChI is InChI=1S/C15H14N2/c16-10-11-2-1-3-12(8-11)13-4-5-15-14(9-13)6-7-17-15/h1-9,17H,10,16H2. The van der Waals surface area contributed by atoms with Crippen LogP contribution in [-0.4, -0.2) is 4.98 Å². The summed E-state index contributed by atoms with van der Waals surface area (Å²) in [7, 11) is 0. The van der Waals surface area contributed by atoms with Gasteiger partial charge < -0.3 is 10.7 Å². The third-order valence-electron chi connectivity index (χ3n) is 3.05. The van der Waals surface area contributed by atoms with E-state index in [0.29, 0.717) is 6.54 Å². The van der Waals surface area contributed by atoms with E-state index in [9.17, 15) is 0 Å². The van der Waals surface area contributed by atoms with Crippen LogP contribution in [0.25, 0.3) is 22.0 Å². The Kier molecular flexibility index (Phi) is 2.42. The Hall–Kier alpha value is -2.06. The number of hydrogen-bond donors (Lipinski definition) is 2. The van der Waals surface area contributed by atoms with Crippen LogP contribution < -0.4 is 5.73 Å². The second-order valence-corrected chi connectivity index (χ2v) is 4.18. The van der Waals surface area contributed by atoms with Gasteiger partial charge in [-0.3, -0.25) is 0 Å². The molecule has 0 bridgehead atoms. The van der Waals surface area contributed by atoms with Gasteiger partial charge in [0.1, 0.15) is 0 Å². The van der Waals surface area contributed by atoms with Crippen LogP contribution in [0.2, 0.25) is 0 Å². The van der Waals surface area contributed by atoms with Crippen molar-refractivity contribution in [1.29, 1.82) is 0 Å². The third-order valence-corrected chi connectivity index (χ3v) is 3.05. The molecule has 3 rings (SSSR count). The van der Waals surface area contributed by atoms with Gasteiger partial charge >= 0.3 is 0 Å². The predicted octanol–water partition coefficient (Wildman–Crippen LogP) is 3.29. The van der Waals surface area contributed by atoms with Gasteiger partial charge in [-0.1, -0.05) is 24.3 Å². The molecule has 0 spiro atoms. The Bertz CT molecular complexity index is 653. The van der Waals surface area contributed by atoms with Gasteiger partial charge in [-0.2, -0.15) is 0 Å². The smallest absolute Gasteiger partial charge is 0.0454 e. The van der Waals surface area contributed by atoms with E-state index in [0.717, 1.165) is 5.56 Å². The molecule has 84 valence electrons. The average Bonchev–Trinajstić information content (AvgIpc) is 2.86. The maximum absolute atomic E-state index is 5.67. The normalized spacial score (nSPS) is 10.9. The van der Waals surface area contributed by atoms with Crippen LogP contribution in [0.1, 0.15) is 5.56 Å². The highest BCUT2D eigenvalue weighted by Crippen LogP contribution is 2.24. The zero-order valence-corrected chi connectivity index (χ0v) is 9.48. The molecule has 0 saturated carbocycles. The van der Waals surface area contributed by atoms with Crippen LogP contribution in [0.5, 0.6) is 0 Å². The van der Waals surface area contributed by atoms with Crippen molar-refractivity contribution in [2.75, 3.05) is 0 Å². The summed E-state index contributed by atoms with van der Waals surface area (Å²) in [5.74, 6) is 0. The molecule has 2 heteroatoms. The molecule has 0 amide bonds. The van der Waals surface area contributed by atoms with E-state index in [1.54, 1.807) is 0 Å². The first-order valence-corrected chi connectivity index (χ1v) is 5.73. The van der Waals surface area contributed by atoms with Crippen molar-refractivity contribution < 1.29 is 0 Å². The largest absolute Gasteiger partial charge is 0.361 e. The monoisotopic (exact) mass is 222 g/mol. The summed E-state index contributed by atoms with van der Waals surface area (Å²) in [4.78, 5) is 3.20. The molecule has 0 atom stereocenters. The second kappa shape index (κ2) is 4.07. The Morgan fingerprint density at radius 2 is 1.82 bits per heavy atom. The molecular formula is C15H14N2. The highest BCUT2D eigenvalue weighted by Gasteiger charge is 2.01. The molecular weight excluding hydrogens is 208 g/mol. The number of aromatic amines is 1. The van der Waals surface area contributed by atoms with Crippen molar-refractivity contribution in [2.45, 2.75) is 6.54 Å². The number of benzene rings is 2. The minimum Gasteiger partial charge on any atom is -0.361 e. The van der Waals surface area contributed by atoms with Gasteiger partial charge in [0.05, 0.1) is 0 Å². The summed E-state index contributed by atoms with van der Waals surface area (Å²) >= 11 is 0. The SMILES string of the molecule is NCc1cccc(-c2ccc3[nH]ccc3c2)c1. The Labute approximate surface area is 100 Å². The molecule has 0 unspecified atom stereocenters. The van der Waals surface area contributed by atoms with Crippen molar-refractivity contribution in [2.24, 2.45) is 5.73 Å². The van der Waals surface area contributed by atoms with E-state index in [1.807, 2.05) is 6.20 Å². The number of H-pyrrole nitrogens is 1. The zero-order valence-electron chi connectivity index (χ0n) is 9.48. The van der Waals surface area contributed by atoms with Gasteiger partial charge in [-0.15, -0.1) is 0 Å². The first-order chi connectivity index (χ1) is 8.36. The highest BCUT2D eigenvalue weighted by atomic mass is 14.7. The minimum atomic E-state index is 0.584.